The van der Waals surface area contributed by atoms with E-state index in [1.54, 1.807) is 127 Å². The van der Waals surface area contributed by atoms with Crippen LogP contribution in [0.3, 0.4) is 0 Å². The first kappa shape index (κ1) is 90.8. The van der Waals surface area contributed by atoms with Gasteiger partial charge >= 0.3 is 0 Å². The molecular formula is C75H125N15O15. The Hall–Kier alpha value is -8.38. The molecule has 0 radical (unpaired) electrons. The van der Waals surface area contributed by atoms with Crippen molar-refractivity contribution < 1.29 is 72.2 Å². The van der Waals surface area contributed by atoms with E-state index in [-0.39, 0.29) is 75.6 Å². The van der Waals surface area contributed by atoms with Gasteiger partial charge < -0.3 is 80.0 Å². The highest BCUT2D eigenvalue weighted by atomic mass is 16.3. The zero-order valence-electron chi connectivity index (χ0n) is 65.4. The predicted octanol–water partition coefficient (Wildman–Crippen LogP) is 1.49. The number of carbonyl (C=O) groups is 14. The number of carbonyl (C=O) groups excluding carboxylic acids is 14. The van der Waals surface area contributed by atoms with Gasteiger partial charge in [-0.15, -0.1) is 0 Å². The van der Waals surface area contributed by atoms with Crippen LogP contribution in [0.5, 0.6) is 0 Å². The molecule has 0 spiro atoms. The second-order valence-corrected chi connectivity index (χ2v) is 30.2. The number of nitrogens with zero attached hydrogens (tertiary/aromatic N) is 2. The van der Waals surface area contributed by atoms with Gasteiger partial charge in [-0.2, -0.15) is 0 Å². The molecule has 16 N–H and O–H groups in total. The summed E-state index contributed by atoms with van der Waals surface area (Å²) in [5.41, 5.74) is 13.0. The molecule has 2 fully saturated rings. The number of benzene rings is 1. The van der Waals surface area contributed by atoms with Crippen molar-refractivity contribution in [1.82, 2.24) is 68.3 Å². The van der Waals surface area contributed by atoms with Gasteiger partial charge in [0.1, 0.15) is 78.2 Å². The molecule has 105 heavy (non-hydrogen) atoms. The van der Waals surface area contributed by atoms with Gasteiger partial charge in [-0.1, -0.05) is 166 Å². The van der Waals surface area contributed by atoms with E-state index in [2.05, 4.69) is 58.5 Å². The number of hydrogen-bond donors (Lipinski definition) is 14. The maximum absolute atomic E-state index is 15.9. The number of aliphatic hydroxyl groups is 1. The number of likely N-dealkylation sites (tertiary alicyclic amines) is 1. The van der Waals surface area contributed by atoms with Crippen LogP contribution in [0, 0.1) is 47.3 Å². The van der Waals surface area contributed by atoms with Gasteiger partial charge in [0, 0.05) is 25.4 Å². The summed E-state index contributed by atoms with van der Waals surface area (Å²) < 4.78 is 0. The molecular weight excluding hydrogens is 1350 g/mol. The molecule has 30 heteroatoms. The van der Waals surface area contributed by atoms with Crippen LogP contribution in [0.4, 0.5) is 0 Å². The molecule has 1 aromatic carbocycles. The minimum Gasteiger partial charge on any atom is -0.391 e. The Labute approximate surface area is 620 Å². The summed E-state index contributed by atoms with van der Waals surface area (Å²) in [6.07, 6.45) is 2.30. The van der Waals surface area contributed by atoms with Gasteiger partial charge in [-0.3, -0.25) is 72.0 Å². The van der Waals surface area contributed by atoms with Crippen molar-refractivity contribution in [2.75, 3.05) is 13.1 Å². The van der Waals surface area contributed by atoms with Gasteiger partial charge in [0.2, 0.25) is 65.0 Å². The Morgan fingerprint density at radius 3 is 1.64 bits per heavy atom. The largest absolute Gasteiger partial charge is 0.391 e. The molecule has 2 aliphatic rings. The third-order valence-electron chi connectivity index (χ3n) is 19.8. The zero-order valence-corrected chi connectivity index (χ0v) is 65.4. The summed E-state index contributed by atoms with van der Waals surface area (Å²) >= 11 is 0. The Morgan fingerprint density at radius 2 is 1.12 bits per heavy atom. The molecule has 590 valence electrons. The second kappa shape index (κ2) is 43.3. The van der Waals surface area contributed by atoms with Crippen LogP contribution in [-0.2, 0) is 73.5 Å². The lowest BCUT2D eigenvalue weighted by atomic mass is 9.92. The first-order chi connectivity index (χ1) is 49.2. The van der Waals surface area contributed by atoms with E-state index in [9.17, 15) is 53.1 Å². The first-order valence-corrected chi connectivity index (χ1v) is 37.6. The van der Waals surface area contributed by atoms with Crippen molar-refractivity contribution in [3.8, 4) is 0 Å². The Balaban J connectivity index is 2.11. The summed E-state index contributed by atoms with van der Waals surface area (Å²) in [6.45, 7) is 31.4. The smallest absolute Gasteiger partial charge is 0.268 e. The van der Waals surface area contributed by atoms with Gasteiger partial charge in [-0.25, -0.2) is 0 Å². The molecule has 3 rings (SSSR count). The van der Waals surface area contributed by atoms with Gasteiger partial charge in [0.05, 0.1) is 6.10 Å². The fourth-order valence-electron chi connectivity index (χ4n) is 12.3. The Morgan fingerprint density at radius 1 is 0.590 bits per heavy atom. The minimum absolute atomic E-state index is 0.0317. The summed E-state index contributed by atoms with van der Waals surface area (Å²) in [4.78, 5) is 207. The highest BCUT2D eigenvalue weighted by Crippen LogP contribution is 2.25. The van der Waals surface area contributed by atoms with Crippen LogP contribution in [0.25, 0.3) is 0 Å². The summed E-state index contributed by atoms with van der Waals surface area (Å²) in [5.74, 6) is -16.4. The quantitative estimate of drug-likeness (QED) is 0.0443. The third-order valence-corrected chi connectivity index (χ3v) is 19.8. The number of nitrogens with two attached hydrogens (primary N) is 2. The number of imide groups is 1. The molecule has 14 amide bonds. The monoisotopic (exact) mass is 1480 g/mol. The van der Waals surface area contributed by atoms with Crippen molar-refractivity contribution in [3.63, 3.8) is 0 Å². The summed E-state index contributed by atoms with van der Waals surface area (Å²) in [6, 6.07) is -10.0. The fraction of sp³-hybridized carbons (Fsp3) is 0.707. The molecule has 0 unspecified atom stereocenters. The third kappa shape index (κ3) is 26.3. The highest BCUT2D eigenvalue weighted by molar-refractivity contribution is 6.09. The van der Waals surface area contributed by atoms with Crippen molar-refractivity contribution in [2.45, 2.75) is 280 Å². The molecule has 0 aliphatic carbocycles. The number of rotatable bonds is 33. The number of amides is 14. The SMILES string of the molecule is C/C=C1\NC(=O)[C@H](Cc2ccccc2)NC(=O)[C@@H](C(C)C)NC(=O)[C@@H]([C@@H](C)CC)NC(=O)[C@@H]([C@@H](C)N)N(C(=O)[C@H](NC(=O)[C@H](CCCN)NC(=O)[C@H]2CCCN2C(=O)[C@H](NC(=O)[C@@H](NC(=O)[C@@H](NC(=O)[C@H](NC(=O)CC[C@@H](C)CC)C(C)C)[C@@H](C)O)C(C)C)C(C)C)[C@@H](C)CC)C(=O)[C@H](C(C)C)NC1=O. The van der Waals surface area contributed by atoms with Crippen molar-refractivity contribution >= 4 is 82.7 Å². The molecule has 2 heterocycles. The highest BCUT2D eigenvalue weighted by Gasteiger charge is 2.48. The molecule has 17 atom stereocenters. The van der Waals surface area contributed by atoms with Crippen molar-refractivity contribution in [2.24, 2.45) is 58.8 Å². The number of aliphatic hydroxyl groups excluding tert-OH is 1. The maximum atomic E-state index is 15.9. The van der Waals surface area contributed by atoms with Crippen LogP contribution in [0.15, 0.2) is 42.1 Å². The van der Waals surface area contributed by atoms with E-state index in [1.165, 1.54) is 31.7 Å². The normalized spacial score (nSPS) is 22.4. The zero-order chi connectivity index (χ0) is 79.6. The predicted molar refractivity (Wildman–Crippen MR) is 397 cm³/mol. The fourth-order valence-corrected chi connectivity index (χ4v) is 12.3. The van der Waals surface area contributed by atoms with Crippen LogP contribution < -0.4 is 70.0 Å². The number of allylic oxidation sites excluding steroid dienone is 1. The molecule has 0 bridgehead atoms. The first-order valence-electron chi connectivity index (χ1n) is 37.6. The minimum atomic E-state index is -1.97. The molecule has 30 nitrogen and oxygen atoms in total. The number of hydrogen-bond acceptors (Lipinski definition) is 17. The van der Waals surface area contributed by atoms with Crippen LogP contribution >= 0.6 is 0 Å². The molecule has 1 aromatic rings. The van der Waals surface area contributed by atoms with E-state index in [0.717, 1.165) is 6.42 Å². The topological polar surface area (TPSA) is 450 Å². The van der Waals surface area contributed by atoms with E-state index < -0.39 is 203 Å². The molecule has 2 saturated heterocycles. The maximum Gasteiger partial charge on any atom is 0.268 e. The van der Waals surface area contributed by atoms with Crippen LogP contribution in [0.1, 0.15) is 195 Å². The molecule has 2 aliphatic heterocycles. The average Bonchev–Trinajstić information content (AvgIpc) is 1.10. The van der Waals surface area contributed by atoms with Crippen LogP contribution in [-0.4, -0.2) is 195 Å². The van der Waals surface area contributed by atoms with E-state index in [4.69, 9.17) is 11.5 Å². The lowest BCUT2D eigenvalue weighted by molar-refractivity contribution is -0.158. The Bertz CT molecular complexity index is 3180. The average molecular weight is 1480 g/mol. The lowest BCUT2D eigenvalue weighted by Crippen LogP contribution is -2.68. The molecule has 0 saturated carbocycles. The van der Waals surface area contributed by atoms with Gasteiger partial charge in [0.25, 0.3) is 17.7 Å². The summed E-state index contributed by atoms with van der Waals surface area (Å²) in [7, 11) is 0. The lowest BCUT2D eigenvalue weighted by Gasteiger charge is -2.39. The van der Waals surface area contributed by atoms with Gasteiger partial charge in [0.15, 0.2) is 0 Å². The summed E-state index contributed by atoms with van der Waals surface area (Å²) in [5, 5.41) is 40.6. The van der Waals surface area contributed by atoms with E-state index in [0.29, 0.717) is 23.3 Å². The standard InChI is InChI=1S/C75H125N15O15/c1-20-43(15)33-34-53(92)81-54(38(5)6)68(98)88-61(47(19)91)71(101)83-56(40(9)10)69(99)85-57(41(11)12)73(103)89-36-28-32-52(89)66(96)79-50(31-27-35-76)64(94)87-60(45(17)22-3)75(105)90-62(46(18)77)72(102)86-59(44(16)21-2)70(100)82-55(39(7)8)67(97)80-51(37-48-29-25-24-26-30-48)65(95)78-49(23-4)63(93)84-58(42(13)14)74(90)104/h23-26,29-30,38-47,50-52,54-62,91H,20-22,27-28,31-37,76-77H2,1-19H3,(H,78,95)(H,79,96)(H,80,97)(H,81,92)(H,82,100)(H,83,101)(H,84,93)(H,85,99)(H,86,102)(H,87,94)(H,88,98)/b49-23-/t43-,44-,45-,46+,47+,50-,51-,52+,54+,55+,56-,57+,58-,59+,60+,61-,62+/m0/s1. The molecule has 0 aromatic heterocycles. The van der Waals surface area contributed by atoms with Gasteiger partial charge in [-0.05, 0) is 112 Å². The van der Waals surface area contributed by atoms with E-state index in [1.807, 2.05) is 13.8 Å². The van der Waals surface area contributed by atoms with Crippen molar-refractivity contribution in [3.05, 3.63) is 47.7 Å². The van der Waals surface area contributed by atoms with E-state index >= 15 is 19.2 Å². The van der Waals surface area contributed by atoms with Crippen LogP contribution in [0.2, 0.25) is 0 Å². The number of nitrogens with one attached hydrogen (secondary N) is 11. The van der Waals surface area contributed by atoms with Crippen molar-refractivity contribution in [1.29, 1.82) is 0 Å². The Kier molecular flexibility index (Phi) is 37.5. The second-order valence-electron chi connectivity index (χ2n) is 30.2.